The van der Waals surface area contributed by atoms with Crippen LogP contribution in [0.4, 0.5) is 0 Å². The molecule has 2 aromatic heterocycles. The Bertz CT molecular complexity index is 1300. The molecule has 0 atom stereocenters. The molecule has 2 heterocycles. The number of esters is 1. The van der Waals surface area contributed by atoms with Gasteiger partial charge < -0.3 is 18.6 Å². The first kappa shape index (κ1) is 23.6. The van der Waals surface area contributed by atoms with E-state index < -0.39 is 11.7 Å². The lowest BCUT2D eigenvalue weighted by molar-refractivity contribution is 0.0526. The third kappa shape index (κ3) is 5.81. The normalized spacial score (nSPS) is 10.5. The van der Waals surface area contributed by atoms with Crippen molar-refractivity contribution in [2.24, 2.45) is 0 Å². The molecule has 0 fully saturated rings. The topological polar surface area (TPSA) is 106 Å². The molecule has 0 radical (unpaired) electrons. The van der Waals surface area contributed by atoms with Crippen LogP contribution in [0.25, 0.3) is 12.2 Å². The maximum Gasteiger partial charge on any atom is 0.438 e. The van der Waals surface area contributed by atoms with E-state index in [1.54, 1.807) is 31.2 Å². The highest BCUT2D eigenvalue weighted by atomic mass is 35.5. The number of carbonyl (C=O) groups is 1. The molecule has 0 amide bonds. The molecule has 33 heavy (non-hydrogen) atoms. The highest BCUT2D eigenvalue weighted by Crippen LogP contribution is 2.37. The van der Waals surface area contributed by atoms with Gasteiger partial charge in [0.1, 0.15) is 6.54 Å². The molecule has 0 saturated carbocycles. The van der Waals surface area contributed by atoms with Gasteiger partial charge in [-0.25, -0.2) is 9.59 Å². The van der Waals surface area contributed by atoms with Gasteiger partial charge in [0.05, 0.1) is 31.4 Å². The van der Waals surface area contributed by atoms with E-state index in [9.17, 15) is 9.59 Å². The van der Waals surface area contributed by atoms with E-state index in [4.69, 9.17) is 30.2 Å². The average molecular weight is 470 g/mol. The molecular weight excluding hydrogens is 450 g/mol. The van der Waals surface area contributed by atoms with E-state index in [0.717, 1.165) is 4.68 Å². The minimum absolute atomic E-state index is 0.0169. The summed E-state index contributed by atoms with van der Waals surface area (Å²) in [5, 5.41) is 4.44. The number of carbonyl (C=O) groups excluding carboxylic acids is 1. The van der Waals surface area contributed by atoms with Crippen LogP contribution in [0.15, 0.2) is 39.8 Å². The van der Waals surface area contributed by atoms with E-state index in [1.165, 1.54) is 32.7 Å². The van der Waals surface area contributed by atoms with Crippen molar-refractivity contribution in [2.75, 3.05) is 20.8 Å². The Morgan fingerprint density at radius 3 is 2.79 bits per heavy atom. The molecule has 0 bridgehead atoms. The highest BCUT2D eigenvalue weighted by Gasteiger charge is 2.12. The monoisotopic (exact) mass is 469 g/mol. The van der Waals surface area contributed by atoms with Gasteiger partial charge in [0.15, 0.2) is 11.5 Å². The molecule has 0 aliphatic rings. The third-order valence-corrected chi connectivity index (χ3v) is 4.64. The molecule has 0 spiro atoms. The lowest BCUT2D eigenvalue weighted by Gasteiger charge is -2.10. The average Bonchev–Trinajstić information content (AvgIpc) is 3.17. The summed E-state index contributed by atoms with van der Waals surface area (Å²) in [5.41, 5.74) is 1.42. The lowest BCUT2D eigenvalue weighted by atomic mass is 10.2. The van der Waals surface area contributed by atoms with Crippen molar-refractivity contribution in [2.45, 2.75) is 13.5 Å². The predicted octanol–water partition coefficient (Wildman–Crippen LogP) is 3.30. The summed E-state index contributed by atoms with van der Waals surface area (Å²) in [6.45, 7) is 1.96. The van der Waals surface area contributed by atoms with Crippen LogP contribution < -0.4 is 15.2 Å². The van der Waals surface area contributed by atoms with Gasteiger partial charge in [-0.1, -0.05) is 23.4 Å². The SMILES string of the molecule is CCOC(=O)c1cncc(C#CCn2nc(C=Cc3ccc(OC)c(OC)c3Cl)oc2=O)c1. The fraction of sp³-hybridized carbons (Fsp3) is 0.217. The zero-order valence-corrected chi connectivity index (χ0v) is 18.9. The molecule has 170 valence electrons. The van der Waals surface area contributed by atoms with E-state index in [0.29, 0.717) is 33.2 Å². The molecule has 0 aliphatic carbocycles. The second-order valence-electron chi connectivity index (χ2n) is 6.39. The second kappa shape index (κ2) is 11.0. The summed E-state index contributed by atoms with van der Waals surface area (Å²) < 4.78 is 21.6. The summed E-state index contributed by atoms with van der Waals surface area (Å²) in [6.07, 6.45) is 6.04. The summed E-state index contributed by atoms with van der Waals surface area (Å²) in [7, 11) is 3.00. The number of pyridine rings is 1. The Balaban J connectivity index is 1.73. The fourth-order valence-corrected chi connectivity index (χ4v) is 3.03. The lowest BCUT2D eigenvalue weighted by Crippen LogP contribution is -2.14. The molecule has 9 nitrogen and oxygen atoms in total. The summed E-state index contributed by atoms with van der Waals surface area (Å²) in [6, 6.07) is 5.00. The van der Waals surface area contributed by atoms with Gasteiger partial charge in [-0.05, 0) is 36.8 Å². The molecular formula is C23H20ClN3O6. The van der Waals surface area contributed by atoms with Crippen molar-refractivity contribution in [3.8, 4) is 23.3 Å². The van der Waals surface area contributed by atoms with Crippen LogP contribution in [0.5, 0.6) is 11.5 Å². The van der Waals surface area contributed by atoms with Crippen LogP contribution in [-0.4, -0.2) is 41.6 Å². The van der Waals surface area contributed by atoms with Gasteiger partial charge in [0, 0.05) is 24.0 Å². The number of hydrogen-bond acceptors (Lipinski definition) is 8. The van der Waals surface area contributed by atoms with Gasteiger partial charge in [0.2, 0.25) is 5.89 Å². The molecule has 3 aromatic rings. The van der Waals surface area contributed by atoms with Gasteiger partial charge in [-0.2, -0.15) is 4.68 Å². The zero-order valence-electron chi connectivity index (χ0n) is 18.1. The molecule has 3 rings (SSSR count). The number of rotatable bonds is 7. The summed E-state index contributed by atoms with van der Waals surface area (Å²) in [5.74, 6) is 5.46. The molecule has 1 aromatic carbocycles. The first-order valence-electron chi connectivity index (χ1n) is 9.74. The first-order chi connectivity index (χ1) is 16.0. The summed E-state index contributed by atoms with van der Waals surface area (Å²) in [4.78, 5) is 27.8. The number of benzene rings is 1. The molecule has 0 aliphatic heterocycles. The van der Waals surface area contributed by atoms with Gasteiger partial charge in [0.25, 0.3) is 0 Å². The maximum atomic E-state index is 12.1. The molecule has 0 N–H and O–H groups in total. The highest BCUT2D eigenvalue weighted by molar-refractivity contribution is 6.34. The Labute approximate surface area is 194 Å². The van der Waals surface area contributed by atoms with E-state index in [1.807, 2.05) is 0 Å². The third-order valence-electron chi connectivity index (χ3n) is 4.25. The van der Waals surface area contributed by atoms with Crippen LogP contribution in [-0.2, 0) is 11.3 Å². The van der Waals surface area contributed by atoms with Crippen molar-refractivity contribution < 1.29 is 23.4 Å². The maximum absolute atomic E-state index is 12.1. The minimum atomic E-state index is -0.666. The van der Waals surface area contributed by atoms with Crippen molar-refractivity contribution >= 4 is 29.7 Å². The number of nitrogens with zero attached hydrogens (tertiary/aromatic N) is 3. The number of aromatic nitrogens is 3. The summed E-state index contributed by atoms with van der Waals surface area (Å²) >= 11 is 6.34. The zero-order chi connectivity index (χ0) is 23.8. The number of hydrogen-bond donors (Lipinski definition) is 0. The van der Waals surface area contributed by atoms with Crippen LogP contribution in [0, 0.1) is 11.8 Å². The fourth-order valence-electron chi connectivity index (χ4n) is 2.73. The van der Waals surface area contributed by atoms with Crippen molar-refractivity contribution in [3.05, 3.63) is 68.7 Å². The smallest absolute Gasteiger partial charge is 0.438 e. The van der Waals surface area contributed by atoms with Gasteiger partial charge >= 0.3 is 11.7 Å². The Kier molecular flexibility index (Phi) is 7.89. The molecule has 0 saturated heterocycles. The van der Waals surface area contributed by atoms with E-state index >= 15 is 0 Å². The van der Waals surface area contributed by atoms with Crippen molar-refractivity contribution in [3.63, 3.8) is 0 Å². The number of methoxy groups -OCH3 is 2. The number of ether oxygens (including phenoxy) is 3. The minimum Gasteiger partial charge on any atom is -0.493 e. The van der Waals surface area contributed by atoms with Crippen LogP contribution in [0.1, 0.15) is 34.3 Å². The van der Waals surface area contributed by atoms with Crippen molar-refractivity contribution in [1.29, 1.82) is 0 Å². The van der Waals surface area contributed by atoms with Crippen LogP contribution in [0.2, 0.25) is 5.02 Å². The second-order valence-corrected chi connectivity index (χ2v) is 6.76. The Morgan fingerprint density at radius 1 is 1.24 bits per heavy atom. The van der Waals surface area contributed by atoms with Gasteiger partial charge in [-0.15, -0.1) is 5.10 Å². The van der Waals surface area contributed by atoms with Crippen LogP contribution in [0.3, 0.4) is 0 Å². The van der Waals surface area contributed by atoms with E-state index in [2.05, 4.69) is 21.9 Å². The Morgan fingerprint density at radius 2 is 2.06 bits per heavy atom. The Hall–Kier alpha value is -4.03. The van der Waals surface area contributed by atoms with Crippen molar-refractivity contribution in [1.82, 2.24) is 14.8 Å². The standard InChI is InChI=1S/C23H20ClN3O6/c1-4-32-22(28)17-12-15(13-25-14-17)6-5-11-27-23(29)33-19(26-27)10-8-16-7-9-18(30-2)21(31-3)20(16)24/h7-10,12-14H,4,11H2,1-3H3. The van der Waals surface area contributed by atoms with Gasteiger partial charge in [-0.3, -0.25) is 4.98 Å². The molecule has 10 heteroatoms. The van der Waals surface area contributed by atoms with Crippen LogP contribution >= 0.6 is 11.6 Å². The van der Waals surface area contributed by atoms with E-state index in [-0.39, 0.29) is 19.0 Å². The number of halogens is 1. The first-order valence-corrected chi connectivity index (χ1v) is 10.1. The predicted molar refractivity (Wildman–Crippen MR) is 121 cm³/mol. The quantitative estimate of drug-likeness (QED) is 0.383. The molecule has 0 unspecified atom stereocenters. The largest absolute Gasteiger partial charge is 0.493 e.